The van der Waals surface area contributed by atoms with Gasteiger partial charge in [-0.1, -0.05) is 18.2 Å². The van der Waals surface area contributed by atoms with Gasteiger partial charge < -0.3 is 0 Å². The highest BCUT2D eigenvalue weighted by Gasteiger charge is 2.11. The fourth-order valence-corrected chi connectivity index (χ4v) is 1.61. The number of nitrogens with zero attached hydrogens (tertiary/aromatic N) is 2. The van der Waals surface area contributed by atoms with Crippen LogP contribution in [-0.2, 0) is 0 Å². The number of carbonyl (C=O) groups excluding carboxylic acids is 1. The van der Waals surface area contributed by atoms with E-state index in [-0.39, 0.29) is 0 Å². The molecular weight excluding hydrogens is 212 g/mol. The Morgan fingerprint density at radius 3 is 2.80 bits per heavy atom. The monoisotopic (exact) mass is 220 g/mol. The summed E-state index contributed by atoms with van der Waals surface area (Å²) >= 11 is 5.45. The summed E-state index contributed by atoms with van der Waals surface area (Å²) in [5, 5.41) is -0.504. The first-order chi connectivity index (χ1) is 7.20. The largest absolute Gasteiger partial charge is 0.295 e. The van der Waals surface area contributed by atoms with Crippen LogP contribution < -0.4 is 0 Å². The van der Waals surface area contributed by atoms with Gasteiger partial charge in [-0.25, -0.2) is 4.98 Å². The summed E-state index contributed by atoms with van der Waals surface area (Å²) in [4.78, 5) is 15.0. The zero-order valence-corrected chi connectivity index (χ0v) is 8.90. The molecule has 1 aromatic carbocycles. The van der Waals surface area contributed by atoms with Crippen molar-refractivity contribution < 1.29 is 4.79 Å². The third kappa shape index (κ3) is 1.78. The van der Waals surface area contributed by atoms with Gasteiger partial charge in [0.2, 0.25) is 0 Å². The van der Waals surface area contributed by atoms with Crippen molar-refractivity contribution in [3.63, 3.8) is 0 Å². The highest BCUT2D eigenvalue weighted by atomic mass is 35.5. The van der Waals surface area contributed by atoms with Gasteiger partial charge in [0.25, 0.3) is 5.24 Å². The van der Waals surface area contributed by atoms with Crippen molar-refractivity contribution in [2.24, 2.45) is 0 Å². The maximum absolute atomic E-state index is 11.1. The lowest BCUT2D eigenvalue weighted by Crippen LogP contribution is -2.03. The van der Waals surface area contributed by atoms with Crippen LogP contribution in [0.2, 0.25) is 0 Å². The Bertz CT molecular complexity index is 505. The molecule has 0 aliphatic rings. The van der Waals surface area contributed by atoms with Crippen LogP contribution in [0.1, 0.15) is 16.1 Å². The van der Waals surface area contributed by atoms with E-state index in [0.717, 1.165) is 11.3 Å². The smallest absolute Gasteiger partial charge is 0.270 e. The Labute approximate surface area is 92.3 Å². The maximum Gasteiger partial charge on any atom is 0.270 e. The van der Waals surface area contributed by atoms with Gasteiger partial charge in [0.1, 0.15) is 5.69 Å². The van der Waals surface area contributed by atoms with Gasteiger partial charge in [-0.2, -0.15) is 0 Å². The molecule has 0 radical (unpaired) electrons. The second kappa shape index (κ2) is 3.87. The van der Waals surface area contributed by atoms with E-state index >= 15 is 0 Å². The normalized spacial score (nSPS) is 10.3. The van der Waals surface area contributed by atoms with Gasteiger partial charge in [0.05, 0.1) is 18.2 Å². The number of aromatic nitrogens is 2. The molecule has 1 aromatic heterocycles. The Morgan fingerprint density at radius 1 is 1.40 bits per heavy atom. The second-order valence-corrected chi connectivity index (χ2v) is 3.55. The summed E-state index contributed by atoms with van der Waals surface area (Å²) in [6.07, 6.45) is 3.04. The van der Waals surface area contributed by atoms with E-state index in [1.54, 1.807) is 10.9 Å². The van der Waals surface area contributed by atoms with Crippen LogP contribution in [0.3, 0.4) is 0 Å². The molecule has 0 unspecified atom stereocenters. The third-order valence-corrected chi connectivity index (χ3v) is 2.41. The number of rotatable bonds is 2. The maximum atomic E-state index is 11.1. The highest BCUT2D eigenvalue weighted by molar-refractivity contribution is 6.67. The predicted octanol–water partition coefficient (Wildman–Crippen LogP) is 2.56. The lowest BCUT2D eigenvalue weighted by atomic mass is 10.2. The van der Waals surface area contributed by atoms with E-state index < -0.39 is 5.24 Å². The quantitative estimate of drug-likeness (QED) is 0.729. The topological polar surface area (TPSA) is 34.9 Å². The molecule has 15 heavy (non-hydrogen) atoms. The predicted molar refractivity (Wildman–Crippen MR) is 58.5 cm³/mol. The molecule has 0 spiro atoms. The summed E-state index contributed by atoms with van der Waals surface area (Å²) in [7, 11) is 0. The molecule has 0 aliphatic carbocycles. The van der Waals surface area contributed by atoms with Crippen LogP contribution in [0, 0.1) is 6.92 Å². The van der Waals surface area contributed by atoms with Crippen molar-refractivity contribution in [1.29, 1.82) is 0 Å². The summed E-state index contributed by atoms with van der Waals surface area (Å²) in [6, 6.07) is 7.74. The van der Waals surface area contributed by atoms with Gasteiger partial charge in [-0.15, -0.1) is 0 Å². The fraction of sp³-hybridized carbons (Fsp3) is 0.0909. The molecule has 0 saturated heterocycles. The standard InChI is InChI=1S/C11H9ClN2O/c1-8-4-2-3-5-9(8)14-7-13-6-10(14)11(12)15/h2-7H,1H3. The Kier molecular flexibility index (Phi) is 2.56. The van der Waals surface area contributed by atoms with E-state index in [1.807, 2.05) is 31.2 Å². The molecule has 0 N–H and O–H groups in total. The number of para-hydroxylation sites is 1. The molecule has 2 rings (SSSR count). The lowest BCUT2D eigenvalue weighted by Gasteiger charge is -2.07. The van der Waals surface area contributed by atoms with E-state index in [4.69, 9.17) is 11.6 Å². The van der Waals surface area contributed by atoms with Crippen molar-refractivity contribution in [3.8, 4) is 5.69 Å². The number of halogens is 1. The molecule has 76 valence electrons. The van der Waals surface area contributed by atoms with E-state index in [2.05, 4.69) is 4.98 Å². The number of hydrogen-bond acceptors (Lipinski definition) is 2. The van der Waals surface area contributed by atoms with Crippen LogP contribution in [0.15, 0.2) is 36.8 Å². The summed E-state index contributed by atoms with van der Waals surface area (Å²) in [6.45, 7) is 1.97. The van der Waals surface area contributed by atoms with Crippen molar-refractivity contribution in [2.45, 2.75) is 6.92 Å². The van der Waals surface area contributed by atoms with Crippen LogP contribution in [-0.4, -0.2) is 14.8 Å². The van der Waals surface area contributed by atoms with Crippen molar-refractivity contribution >= 4 is 16.8 Å². The number of carbonyl (C=O) groups is 1. The number of benzene rings is 1. The fourth-order valence-electron chi connectivity index (χ4n) is 1.47. The van der Waals surface area contributed by atoms with Crippen molar-refractivity contribution in [1.82, 2.24) is 9.55 Å². The molecule has 0 aliphatic heterocycles. The van der Waals surface area contributed by atoms with Crippen LogP contribution in [0.5, 0.6) is 0 Å². The first kappa shape index (κ1) is 9.93. The average Bonchev–Trinajstić information content (AvgIpc) is 2.67. The molecule has 3 nitrogen and oxygen atoms in total. The van der Waals surface area contributed by atoms with Gasteiger partial charge in [0.15, 0.2) is 0 Å². The SMILES string of the molecule is Cc1ccccc1-n1cncc1C(=O)Cl. The van der Waals surface area contributed by atoms with Gasteiger partial charge >= 0.3 is 0 Å². The molecule has 4 heteroatoms. The number of imidazole rings is 1. The van der Waals surface area contributed by atoms with Crippen molar-refractivity contribution in [2.75, 3.05) is 0 Å². The molecular formula is C11H9ClN2O. The second-order valence-electron chi connectivity index (χ2n) is 3.21. The van der Waals surface area contributed by atoms with E-state index in [1.165, 1.54) is 6.20 Å². The molecule has 0 amide bonds. The highest BCUT2D eigenvalue weighted by Crippen LogP contribution is 2.16. The van der Waals surface area contributed by atoms with E-state index in [9.17, 15) is 4.79 Å². The average molecular weight is 221 g/mol. The third-order valence-electron chi connectivity index (χ3n) is 2.21. The molecule has 0 atom stereocenters. The Balaban J connectivity index is 2.59. The zero-order valence-electron chi connectivity index (χ0n) is 8.14. The lowest BCUT2D eigenvalue weighted by molar-refractivity contribution is 0.107. The van der Waals surface area contributed by atoms with Crippen LogP contribution in [0.25, 0.3) is 5.69 Å². The summed E-state index contributed by atoms with van der Waals surface area (Å²) < 4.78 is 1.69. The Hall–Kier alpha value is -1.61. The molecule has 0 saturated carbocycles. The summed E-state index contributed by atoms with van der Waals surface area (Å²) in [5.74, 6) is 0. The van der Waals surface area contributed by atoms with Crippen LogP contribution in [0.4, 0.5) is 0 Å². The van der Waals surface area contributed by atoms with Gasteiger partial charge in [-0.3, -0.25) is 9.36 Å². The van der Waals surface area contributed by atoms with Gasteiger partial charge in [-0.05, 0) is 30.2 Å². The molecule has 0 fully saturated rings. The van der Waals surface area contributed by atoms with Gasteiger partial charge in [0, 0.05) is 0 Å². The van der Waals surface area contributed by atoms with Crippen LogP contribution >= 0.6 is 11.6 Å². The molecule has 2 aromatic rings. The number of hydrogen-bond donors (Lipinski definition) is 0. The van der Waals surface area contributed by atoms with E-state index in [0.29, 0.717) is 5.69 Å². The minimum absolute atomic E-state index is 0.381. The van der Waals surface area contributed by atoms with Crippen molar-refractivity contribution in [3.05, 3.63) is 48.0 Å². The first-order valence-electron chi connectivity index (χ1n) is 4.48. The minimum atomic E-state index is -0.504. The minimum Gasteiger partial charge on any atom is -0.295 e. The number of aryl methyl sites for hydroxylation is 1. The first-order valence-corrected chi connectivity index (χ1v) is 4.86. The zero-order chi connectivity index (χ0) is 10.8. The molecule has 0 bridgehead atoms. The summed E-state index contributed by atoms with van der Waals surface area (Å²) in [5.41, 5.74) is 2.36. The molecule has 1 heterocycles. The Morgan fingerprint density at radius 2 is 2.13 bits per heavy atom.